The van der Waals surface area contributed by atoms with Crippen molar-refractivity contribution in [2.24, 2.45) is 5.92 Å². The van der Waals surface area contributed by atoms with Gasteiger partial charge in [-0.3, -0.25) is 4.79 Å². The van der Waals surface area contributed by atoms with Gasteiger partial charge in [0, 0.05) is 13.1 Å². The summed E-state index contributed by atoms with van der Waals surface area (Å²) in [6.07, 6.45) is 1.72. The molecule has 1 atom stereocenters. The van der Waals surface area contributed by atoms with Crippen LogP contribution in [-0.2, 0) is 9.53 Å². The molecule has 0 radical (unpaired) electrons. The fraction of sp³-hybridized carbons (Fsp3) is 0.714. The molecule has 1 N–H and O–H groups in total. The Hall–Kier alpha value is -1.52. The second kappa shape index (κ2) is 4.87. The van der Waals surface area contributed by atoms with E-state index in [1.54, 1.807) is 4.90 Å². The second-order valence-corrected chi connectivity index (χ2v) is 6.32. The summed E-state index contributed by atoms with van der Waals surface area (Å²) in [7, 11) is 0. The van der Waals surface area contributed by atoms with Gasteiger partial charge in [0.2, 0.25) is 0 Å². The first kappa shape index (κ1) is 13.9. The maximum atomic E-state index is 12.0. The lowest BCUT2D eigenvalue weighted by molar-refractivity contribution is -0.142. The highest BCUT2D eigenvalue weighted by atomic mass is 16.6. The van der Waals surface area contributed by atoms with Gasteiger partial charge in [-0.25, -0.2) is 4.79 Å². The first-order valence-corrected chi connectivity index (χ1v) is 6.67. The zero-order chi connectivity index (χ0) is 14.2. The van der Waals surface area contributed by atoms with Crippen molar-refractivity contribution in [3.8, 4) is 0 Å². The van der Waals surface area contributed by atoms with Crippen LogP contribution in [-0.4, -0.2) is 40.8 Å². The van der Waals surface area contributed by atoms with Gasteiger partial charge in [-0.05, 0) is 51.2 Å². The molecule has 0 spiro atoms. The molecular weight excluding hydrogens is 246 g/mol. The van der Waals surface area contributed by atoms with Gasteiger partial charge in [0.05, 0.1) is 5.92 Å². The summed E-state index contributed by atoms with van der Waals surface area (Å²) in [5.41, 5.74) is 1.84. The van der Waals surface area contributed by atoms with Crippen LogP contribution >= 0.6 is 0 Å². The predicted molar refractivity (Wildman–Crippen MR) is 69.8 cm³/mol. The van der Waals surface area contributed by atoms with Crippen LogP contribution in [0.15, 0.2) is 11.1 Å². The molecule has 0 aromatic carbocycles. The summed E-state index contributed by atoms with van der Waals surface area (Å²) in [4.78, 5) is 24.7. The summed E-state index contributed by atoms with van der Waals surface area (Å²) in [5, 5.41) is 9.06. The van der Waals surface area contributed by atoms with Crippen LogP contribution in [0.4, 0.5) is 4.79 Å². The Kier molecular flexibility index (Phi) is 3.56. The first-order chi connectivity index (χ1) is 8.76. The van der Waals surface area contributed by atoms with Crippen molar-refractivity contribution in [2.75, 3.05) is 13.1 Å². The molecule has 2 aliphatic rings. The highest BCUT2D eigenvalue weighted by Gasteiger charge is 2.34. The van der Waals surface area contributed by atoms with E-state index in [4.69, 9.17) is 9.84 Å². The van der Waals surface area contributed by atoms with Crippen molar-refractivity contribution in [1.82, 2.24) is 4.90 Å². The van der Waals surface area contributed by atoms with Crippen LogP contribution in [0, 0.1) is 5.92 Å². The van der Waals surface area contributed by atoms with Crippen LogP contribution in [0.25, 0.3) is 0 Å². The summed E-state index contributed by atoms with van der Waals surface area (Å²) in [6, 6.07) is 0. The number of rotatable bonds is 1. The Labute approximate surface area is 113 Å². The minimum Gasteiger partial charge on any atom is -0.481 e. The van der Waals surface area contributed by atoms with E-state index >= 15 is 0 Å². The number of ether oxygens (including phenoxy) is 1. The second-order valence-electron chi connectivity index (χ2n) is 6.32. The van der Waals surface area contributed by atoms with Gasteiger partial charge in [0.15, 0.2) is 0 Å². The molecule has 1 aliphatic heterocycles. The fourth-order valence-electron chi connectivity index (χ4n) is 2.62. The van der Waals surface area contributed by atoms with Gasteiger partial charge in [0.25, 0.3) is 0 Å². The average molecular weight is 267 g/mol. The normalized spacial score (nSPS) is 23.3. The molecule has 0 bridgehead atoms. The van der Waals surface area contributed by atoms with Crippen molar-refractivity contribution in [3.63, 3.8) is 0 Å². The number of nitrogens with zero attached hydrogens (tertiary/aromatic N) is 1. The van der Waals surface area contributed by atoms with Gasteiger partial charge in [0.1, 0.15) is 5.60 Å². The minimum atomic E-state index is -0.734. The molecule has 5 heteroatoms. The predicted octanol–water partition coefficient (Wildman–Crippen LogP) is 2.42. The maximum absolute atomic E-state index is 12.0. The van der Waals surface area contributed by atoms with Gasteiger partial charge in [-0.1, -0.05) is 0 Å². The number of carbonyl (C=O) groups excluding carboxylic acids is 1. The van der Waals surface area contributed by atoms with Crippen molar-refractivity contribution >= 4 is 12.1 Å². The molecular formula is C14H21NO4. The molecule has 0 aromatic rings. The largest absolute Gasteiger partial charge is 0.481 e. The Morgan fingerprint density at radius 3 is 2.47 bits per heavy atom. The van der Waals surface area contributed by atoms with Crippen LogP contribution in [0.2, 0.25) is 0 Å². The molecule has 0 saturated carbocycles. The summed E-state index contributed by atoms with van der Waals surface area (Å²) < 4.78 is 5.35. The van der Waals surface area contributed by atoms with Gasteiger partial charge in [-0.15, -0.1) is 0 Å². The third kappa shape index (κ3) is 3.28. The van der Waals surface area contributed by atoms with E-state index in [0.717, 1.165) is 12.0 Å². The van der Waals surface area contributed by atoms with Crippen molar-refractivity contribution < 1.29 is 19.4 Å². The Morgan fingerprint density at radius 2 is 1.89 bits per heavy atom. The van der Waals surface area contributed by atoms with E-state index in [2.05, 4.69) is 0 Å². The first-order valence-electron chi connectivity index (χ1n) is 6.67. The van der Waals surface area contributed by atoms with E-state index in [0.29, 0.717) is 25.9 Å². The molecule has 1 heterocycles. The quantitative estimate of drug-likeness (QED) is 0.741. The molecule has 1 aliphatic carbocycles. The zero-order valence-electron chi connectivity index (χ0n) is 11.7. The summed E-state index contributed by atoms with van der Waals surface area (Å²) in [6.45, 7) is 6.64. The highest BCUT2D eigenvalue weighted by molar-refractivity contribution is 5.72. The lowest BCUT2D eigenvalue weighted by atomic mass is 9.85. The smallest absolute Gasteiger partial charge is 0.410 e. The van der Waals surface area contributed by atoms with Gasteiger partial charge in [-0.2, -0.15) is 0 Å². The Bertz CT molecular complexity index is 433. The van der Waals surface area contributed by atoms with E-state index in [1.165, 1.54) is 5.57 Å². The van der Waals surface area contributed by atoms with E-state index in [1.807, 2.05) is 20.8 Å². The van der Waals surface area contributed by atoms with Crippen LogP contribution in [0.1, 0.15) is 40.0 Å². The van der Waals surface area contributed by atoms with Crippen molar-refractivity contribution in [1.29, 1.82) is 0 Å². The van der Waals surface area contributed by atoms with Crippen molar-refractivity contribution in [3.05, 3.63) is 11.1 Å². The van der Waals surface area contributed by atoms with E-state index < -0.39 is 11.6 Å². The van der Waals surface area contributed by atoms with Gasteiger partial charge >= 0.3 is 12.1 Å². The molecule has 106 valence electrons. The third-order valence-corrected chi connectivity index (χ3v) is 3.55. The number of carbonyl (C=O) groups is 2. The number of amides is 1. The number of carboxylic acid groups (broad SMARTS) is 1. The molecule has 0 saturated heterocycles. The third-order valence-electron chi connectivity index (χ3n) is 3.55. The highest BCUT2D eigenvalue weighted by Crippen LogP contribution is 2.34. The number of hydrogen-bond donors (Lipinski definition) is 1. The molecule has 1 amide bonds. The monoisotopic (exact) mass is 267 g/mol. The molecule has 19 heavy (non-hydrogen) atoms. The SMILES string of the molecule is CC(C)(C)OC(=O)N1CC2=C(CC(C(=O)O)CC2)C1. The molecule has 0 fully saturated rings. The molecule has 1 unspecified atom stereocenters. The van der Waals surface area contributed by atoms with E-state index in [-0.39, 0.29) is 12.0 Å². The zero-order valence-corrected chi connectivity index (χ0v) is 11.7. The van der Waals surface area contributed by atoms with Gasteiger partial charge < -0.3 is 14.7 Å². The Morgan fingerprint density at radius 1 is 1.26 bits per heavy atom. The van der Waals surface area contributed by atoms with Crippen LogP contribution in [0.5, 0.6) is 0 Å². The fourth-order valence-corrected chi connectivity index (χ4v) is 2.62. The molecule has 5 nitrogen and oxygen atoms in total. The average Bonchev–Trinajstić information content (AvgIpc) is 2.68. The van der Waals surface area contributed by atoms with Crippen LogP contribution in [0.3, 0.4) is 0 Å². The van der Waals surface area contributed by atoms with Crippen molar-refractivity contribution in [2.45, 2.75) is 45.6 Å². The summed E-state index contributed by atoms with van der Waals surface area (Å²) >= 11 is 0. The lowest BCUT2D eigenvalue weighted by Gasteiger charge is -2.24. The van der Waals surface area contributed by atoms with Crippen LogP contribution < -0.4 is 0 Å². The van der Waals surface area contributed by atoms with E-state index in [9.17, 15) is 9.59 Å². The lowest BCUT2D eigenvalue weighted by Crippen LogP contribution is -2.35. The minimum absolute atomic E-state index is 0.294. The maximum Gasteiger partial charge on any atom is 0.410 e. The Balaban J connectivity index is 1.96. The number of carboxylic acids is 1. The summed E-state index contributed by atoms with van der Waals surface area (Å²) in [5.74, 6) is -1.03. The standard InChI is InChI=1S/C14H21NO4/c1-14(2,3)19-13(18)15-7-10-5-4-9(12(16)17)6-11(10)8-15/h9H,4-8H2,1-3H3,(H,16,17). The topological polar surface area (TPSA) is 66.8 Å². The number of aliphatic carboxylic acids is 1. The number of hydrogen-bond acceptors (Lipinski definition) is 3. The molecule has 2 rings (SSSR count). The molecule has 0 aromatic heterocycles.